The first-order valence-electron chi connectivity index (χ1n) is 6.85. The molecule has 0 amide bonds. The van der Waals surface area contributed by atoms with Crippen LogP contribution in [0.15, 0.2) is 60.4 Å². The van der Waals surface area contributed by atoms with Crippen molar-refractivity contribution in [2.24, 2.45) is 0 Å². The summed E-state index contributed by atoms with van der Waals surface area (Å²) >= 11 is 0. The van der Waals surface area contributed by atoms with Crippen molar-refractivity contribution in [3.63, 3.8) is 0 Å². The molecule has 0 heterocycles. The van der Waals surface area contributed by atoms with Gasteiger partial charge in [0.25, 0.3) is 0 Å². The number of benzene rings is 1. The summed E-state index contributed by atoms with van der Waals surface area (Å²) in [7, 11) is 0. The van der Waals surface area contributed by atoms with E-state index in [0.29, 0.717) is 12.2 Å². The fraction of sp³-hybridized carbons (Fsp3) is 0.294. The SMILES string of the molecule is C=C(/C=C\C(=C/C)C(F)(F)F)Oc1ccc(CCCO)cc1. The molecule has 0 atom stereocenters. The van der Waals surface area contributed by atoms with Gasteiger partial charge in [-0.05, 0) is 49.6 Å². The number of aliphatic hydroxyl groups excluding tert-OH is 1. The van der Waals surface area contributed by atoms with Crippen LogP contribution in [0.1, 0.15) is 18.9 Å². The number of aliphatic hydroxyl groups is 1. The van der Waals surface area contributed by atoms with Crippen molar-refractivity contribution < 1.29 is 23.0 Å². The summed E-state index contributed by atoms with van der Waals surface area (Å²) in [6, 6.07) is 7.11. The molecule has 0 radical (unpaired) electrons. The van der Waals surface area contributed by atoms with Crippen LogP contribution in [0.4, 0.5) is 13.2 Å². The lowest BCUT2D eigenvalue weighted by molar-refractivity contribution is -0.0883. The molecule has 0 fully saturated rings. The normalized spacial score (nSPS) is 12.7. The Morgan fingerprint density at radius 1 is 1.23 bits per heavy atom. The summed E-state index contributed by atoms with van der Waals surface area (Å²) < 4.78 is 43.0. The van der Waals surface area contributed by atoms with Crippen LogP contribution in [0.5, 0.6) is 5.75 Å². The zero-order valence-electron chi connectivity index (χ0n) is 12.4. The van der Waals surface area contributed by atoms with Crippen molar-refractivity contribution >= 4 is 0 Å². The highest BCUT2D eigenvalue weighted by Gasteiger charge is 2.30. The van der Waals surface area contributed by atoms with Gasteiger partial charge in [0.1, 0.15) is 11.5 Å². The lowest BCUT2D eigenvalue weighted by atomic mass is 10.1. The van der Waals surface area contributed by atoms with Crippen molar-refractivity contribution in [3.8, 4) is 5.75 Å². The number of ether oxygens (including phenoxy) is 1. The number of hydrogen-bond acceptors (Lipinski definition) is 2. The molecular formula is C17H19F3O2. The Labute approximate surface area is 128 Å². The van der Waals surface area contributed by atoms with Gasteiger partial charge < -0.3 is 9.84 Å². The Balaban J connectivity index is 2.62. The first-order valence-corrected chi connectivity index (χ1v) is 6.85. The van der Waals surface area contributed by atoms with Gasteiger partial charge in [0.2, 0.25) is 0 Å². The number of aryl methyl sites for hydroxylation is 1. The van der Waals surface area contributed by atoms with Gasteiger partial charge in [0.05, 0.1) is 5.57 Å². The third kappa shape index (κ3) is 6.18. The minimum absolute atomic E-state index is 0.117. The highest BCUT2D eigenvalue weighted by atomic mass is 19.4. The van der Waals surface area contributed by atoms with E-state index in [-0.39, 0.29) is 12.4 Å². The van der Waals surface area contributed by atoms with Gasteiger partial charge in [-0.15, -0.1) is 0 Å². The Morgan fingerprint density at radius 3 is 2.36 bits per heavy atom. The predicted octanol–water partition coefficient (Wildman–Crippen LogP) is 4.57. The van der Waals surface area contributed by atoms with Crippen LogP contribution in [0, 0.1) is 0 Å². The van der Waals surface area contributed by atoms with Crippen molar-refractivity contribution in [2.45, 2.75) is 25.9 Å². The van der Waals surface area contributed by atoms with Gasteiger partial charge in [-0.2, -0.15) is 13.2 Å². The van der Waals surface area contributed by atoms with Crippen molar-refractivity contribution in [2.75, 3.05) is 6.61 Å². The summed E-state index contributed by atoms with van der Waals surface area (Å²) in [5.41, 5.74) is 0.299. The van der Waals surface area contributed by atoms with E-state index in [4.69, 9.17) is 9.84 Å². The van der Waals surface area contributed by atoms with E-state index in [9.17, 15) is 13.2 Å². The molecule has 0 saturated carbocycles. The van der Waals surface area contributed by atoms with E-state index in [0.717, 1.165) is 24.1 Å². The lowest BCUT2D eigenvalue weighted by Gasteiger charge is -2.08. The number of rotatable bonds is 7. The van der Waals surface area contributed by atoms with Crippen LogP contribution in [0.25, 0.3) is 0 Å². The van der Waals surface area contributed by atoms with Gasteiger partial charge in [0.15, 0.2) is 0 Å². The molecule has 1 aromatic carbocycles. The van der Waals surface area contributed by atoms with Gasteiger partial charge in [-0.1, -0.05) is 24.8 Å². The average molecular weight is 312 g/mol. The maximum atomic E-state index is 12.5. The Hall–Kier alpha value is -2.01. The summed E-state index contributed by atoms with van der Waals surface area (Å²) in [6.45, 7) is 5.03. The van der Waals surface area contributed by atoms with Crippen LogP contribution in [0.2, 0.25) is 0 Å². The summed E-state index contributed by atoms with van der Waals surface area (Å²) in [6.07, 6.45) is 0.146. The molecule has 120 valence electrons. The third-order valence-corrected chi connectivity index (χ3v) is 2.88. The average Bonchev–Trinajstić information content (AvgIpc) is 2.45. The van der Waals surface area contributed by atoms with Crippen LogP contribution in [-0.2, 0) is 6.42 Å². The second-order valence-electron chi connectivity index (χ2n) is 4.61. The van der Waals surface area contributed by atoms with E-state index in [1.807, 2.05) is 12.1 Å². The maximum absolute atomic E-state index is 12.5. The molecule has 22 heavy (non-hydrogen) atoms. The van der Waals surface area contributed by atoms with Crippen LogP contribution in [-0.4, -0.2) is 17.9 Å². The number of allylic oxidation sites excluding steroid dienone is 4. The first-order chi connectivity index (χ1) is 10.4. The fourth-order valence-corrected chi connectivity index (χ4v) is 1.73. The maximum Gasteiger partial charge on any atom is 0.416 e. The number of halogens is 3. The summed E-state index contributed by atoms with van der Waals surface area (Å²) in [5, 5.41) is 8.75. The largest absolute Gasteiger partial charge is 0.458 e. The van der Waals surface area contributed by atoms with E-state index < -0.39 is 11.7 Å². The molecule has 2 nitrogen and oxygen atoms in total. The second kappa shape index (κ2) is 8.44. The fourth-order valence-electron chi connectivity index (χ4n) is 1.73. The summed E-state index contributed by atoms with van der Waals surface area (Å²) in [4.78, 5) is 0. The van der Waals surface area contributed by atoms with Gasteiger partial charge >= 0.3 is 6.18 Å². The van der Waals surface area contributed by atoms with E-state index in [1.54, 1.807) is 12.1 Å². The molecule has 0 aromatic heterocycles. The van der Waals surface area contributed by atoms with Crippen LogP contribution in [0.3, 0.4) is 0 Å². The van der Waals surface area contributed by atoms with Crippen molar-refractivity contribution in [3.05, 3.63) is 66.0 Å². The number of hydrogen-bond donors (Lipinski definition) is 1. The molecule has 0 aliphatic carbocycles. The molecule has 1 rings (SSSR count). The molecular weight excluding hydrogens is 293 g/mol. The minimum atomic E-state index is -4.39. The van der Waals surface area contributed by atoms with Gasteiger partial charge in [-0.3, -0.25) is 0 Å². The molecule has 1 aromatic rings. The van der Waals surface area contributed by atoms with E-state index in [2.05, 4.69) is 6.58 Å². The second-order valence-corrected chi connectivity index (χ2v) is 4.61. The van der Waals surface area contributed by atoms with Crippen LogP contribution >= 0.6 is 0 Å². The Bertz CT molecular complexity index is 540. The van der Waals surface area contributed by atoms with Crippen molar-refractivity contribution in [1.29, 1.82) is 0 Å². The zero-order valence-corrected chi connectivity index (χ0v) is 12.4. The highest BCUT2D eigenvalue weighted by Crippen LogP contribution is 2.26. The molecule has 0 aliphatic rings. The lowest BCUT2D eigenvalue weighted by Crippen LogP contribution is -2.09. The predicted molar refractivity (Wildman–Crippen MR) is 80.6 cm³/mol. The molecule has 0 bridgehead atoms. The van der Waals surface area contributed by atoms with Crippen molar-refractivity contribution in [1.82, 2.24) is 0 Å². The Morgan fingerprint density at radius 2 is 1.86 bits per heavy atom. The van der Waals surface area contributed by atoms with Crippen LogP contribution < -0.4 is 4.74 Å². The minimum Gasteiger partial charge on any atom is -0.458 e. The molecule has 0 saturated heterocycles. The quantitative estimate of drug-likeness (QED) is 0.590. The van der Waals surface area contributed by atoms with Gasteiger partial charge in [-0.25, -0.2) is 0 Å². The molecule has 5 heteroatoms. The molecule has 0 aliphatic heterocycles. The Kier molecular flexibility index (Phi) is 6.92. The highest BCUT2D eigenvalue weighted by molar-refractivity contribution is 5.32. The molecule has 1 N–H and O–H groups in total. The van der Waals surface area contributed by atoms with E-state index in [1.165, 1.54) is 13.0 Å². The summed E-state index contributed by atoms with van der Waals surface area (Å²) in [5.74, 6) is 0.614. The smallest absolute Gasteiger partial charge is 0.416 e. The zero-order chi connectivity index (χ0) is 16.6. The van der Waals surface area contributed by atoms with E-state index >= 15 is 0 Å². The third-order valence-electron chi connectivity index (χ3n) is 2.88. The monoisotopic (exact) mass is 312 g/mol. The first kappa shape index (κ1) is 18.0. The standard InChI is InChI=1S/C17H19F3O2/c1-3-15(17(18,19)20)9-6-13(2)22-16-10-7-14(8-11-16)5-4-12-21/h3,6-11,21H,2,4-5,12H2,1H3/b9-6-,15-3+. The topological polar surface area (TPSA) is 29.5 Å². The molecule has 0 spiro atoms. The van der Waals surface area contributed by atoms with Gasteiger partial charge in [0, 0.05) is 6.61 Å². The number of alkyl halides is 3. The molecule has 0 unspecified atom stereocenters.